The number of aryl methyl sites for hydroxylation is 1. The number of aromatic hydroxyl groups is 2. The van der Waals surface area contributed by atoms with Crippen LogP contribution in [0.3, 0.4) is 0 Å². The average Bonchev–Trinajstić information content (AvgIpc) is 2.40. The monoisotopic (exact) mass is 296 g/mol. The summed E-state index contributed by atoms with van der Waals surface area (Å²) in [5.41, 5.74) is -0.700. The van der Waals surface area contributed by atoms with Crippen LogP contribution in [0.25, 0.3) is 0 Å². The van der Waals surface area contributed by atoms with Crippen LogP contribution in [0.4, 0.5) is 13.2 Å². The lowest BCUT2D eigenvalue weighted by Crippen LogP contribution is -2.09. The van der Waals surface area contributed by atoms with E-state index in [1.807, 2.05) is 6.92 Å². The van der Waals surface area contributed by atoms with Crippen LogP contribution < -0.4 is 0 Å². The van der Waals surface area contributed by atoms with Crippen molar-refractivity contribution >= 4 is 5.78 Å². The Hall–Kier alpha value is -2.50. The van der Waals surface area contributed by atoms with Crippen molar-refractivity contribution in [1.82, 2.24) is 0 Å². The van der Waals surface area contributed by atoms with Gasteiger partial charge in [0.1, 0.15) is 5.56 Å². The highest BCUT2D eigenvalue weighted by Gasteiger charge is 2.36. The highest BCUT2D eigenvalue weighted by atomic mass is 19.4. The van der Waals surface area contributed by atoms with Crippen LogP contribution in [0, 0.1) is 6.92 Å². The fourth-order valence-electron chi connectivity index (χ4n) is 1.84. The van der Waals surface area contributed by atoms with Crippen molar-refractivity contribution < 1.29 is 28.2 Å². The lowest BCUT2D eigenvalue weighted by Gasteiger charge is -2.12. The second kappa shape index (κ2) is 5.12. The molecule has 0 radical (unpaired) electrons. The zero-order chi connectivity index (χ0) is 15.8. The van der Waals surface area contributed by atoms with Crippen LogP contribution in [-0.4, -0.2) is 16.0 Å². The number of rotatable bonds is 2. The third-order valence-electron chi connectivity index (χ3n) is 2.97. The number of halogens is 3. The van der Waals surface area contributed by atoms with E-state index in [1.165, 1.54) is 12.1 Å². The molecule has 110 valence electrons. The third-order valence-corrected chi connectivity index (χ3v) is 2.97. The van der Waals surface area contributed by atoms with Gasteiger partial charge in [0.25, 0.3) is 0 Å². The summed E-state index contributed by atoms with van der Waals surface area (Å²) in [5, 5.41) is 18.6. The van der Waals surface area contributed by atoms with Crippen molar-refractivity contribution in [3.63, 3.8) is 0 Å². The molecular formula is C15H11F3O3. The Morgan fingerprint density at radius 1 is 1.00 bits per heavy atom. The summed E-state index contributed by atoms with van der Waals surface area (Å²) in [7, 11) is 0. The predicted octanol–water partition coefficient (Wildman–Crippen LogP) is 3.66. The van der Waals surface area contributed by atoms with Crippen LogP contribution in [0.15, 0.2) is 36.4 Å². The Morgan fingerprint density at radius 3 is 2.10 bits per heavy atom. The quantitative estimate of drug-likeness (QED) is 0.657. The molecule has 6 heteroatoms. The first-order chi connectivity index (χ1) is 9.70. The van der Waals surface area contributed by atoms with E-state index >= 15 is 0 Å². The Labute approximate surface area is 118 Å². The molecule has 2 N–H and O–H groups in total. The number of carbonyl (C=O) groups is 1. The van der Waals surface area contributed by atoms with E-state index in [2.05, 4.69) is 0 Å². The number of carbonyl (C=O) groups excluding carboxylic acids is 1. The summed E-state index contributed by atoms with van der Waals surface area (Å²) in [6, 6.07) is 7.60. The second-order valence-electron chi connectivity index (χ2n) is 4.58. The minimum Gasteiger partial charge on any atom is -0.504 e. The minimum atomic E-state index is -4.87. The summed E-state index contributed by atoms with van der Waals surface area (Å²) in [4.78, 5) is 12.1. The third kappa shape index (κ3) is 2.99. The molecule has 3 nitrogen and oxygen atoms in total. The molecule has 0 saturated heterocycles. The molecule has 0 amide bonds. The molecule has 0 aromatic heterocycles. The lowest BCUT2D eigenvalue weighted by molar-refractivity contribution is -0.138. The van der Waals surface area contributed by atoms with E-state index in [4.69, 9.17) is 0 Å². The smallest absolute Gasteiger partial charge is 0.420 e. The molecule has 0 aliphatic rings. The summed E-state index contributed by atoms with van der Waals surface area (Å²) in [5.74, 6) is -2.95. The molecule has 0 saturated carbocycles. The van der Waals surface area contributed by atoms with Gasteiger partial charge in [0.2, 0.25) is 0 Å². The van der Waals surface area contributed by atoms with E-state index in [9.17, 15) is 28.2 Å². The van der Waals surface area contributed by atoms with Gasteiger partial charge in [-0.05, 0) is 19.1 Å². The van der Waals surface area contributed by atoms with Gasteiger partial charge in [-0.3, -0.25) is 4.79 Å². The van der Waals surface area contributed by atoms with Crippen molar-refractivity contribution in [2.75, 3.05) is 0 Å². The Morgan fingerprint density at radius 2 is 1.57 bits per heavy atom. The van der Waals surface area contributed by atoms with Crippen LogP contribution in [0.5, 0.6) is 11.5 Å². The van der Waals surface area contributed by atoms with Gasteiger partial charge in [-0.15, -0.1) is 0 Å². The molecule has 0 unspecified atom stereocenters. The highest BCUT2D eigenvalue weighted by molar-refractivity contribution is 6.09. The summed E-state index contributed by atoms with van der Waals surface area (Å²) >= 11 is 0. The fraction of sp³-hybridized carbons (Fsp3) is 0.133. The second-order valence-corrected chi connectivity index (χ2v) is 4.58. The van der Waals surface area contributed by atoms with E-state index in [0.29, 0.717) is 6.07 Å². The molecule has 0 aliphatic carbocycles. The van der Waals surface area contributed by atoms with Gasteiger partial charge in [-0.25, -0.2) is 0 Å². The van der Waals surface area contributed by atoms with Crippen molar-refractivity contribution in [2.45, 2.75) is 13.1 Å². The zero-order valence-electron chi connectivity index (χ0n) is 10.9. The molecule has 2 aromatic rings. The lowest BCUT2D eigenvalue weighted by atomic mass is 9.99. The maximum Gasteiger partial charge on any atom is 0.420 e. The van der Waals surface area contributed by atoms with Gasteiger partial charge in [0.15, 0.2) is 17.3 Å². The molecule has 0 aliphatic heterocycles. The summed E-state index contributed by atoms with van der Waals surface area (Å²) in [6.07, 6.45) is -4.87. The number of ketones is 1. The van der Waals surface area contributed by atoms with Gasteiger partial charge >= 0.3 is 6.18 Å². The average molecular weight is 296 g/mol. The van der Waals surface area contributed by atoms with Crippen LogP contribution >= 0.6 is 0 Å². The molecule has 2 rings (SSSR count). The van der Waals surface area contributed by atoms with Gasteiger partial charge in [0, 0.05) is 11.1 Å². The Bertz CT molecular complexity index is 689. The van der Waals surface area contributed by atoms with Gasteiger partial charge in [0.05, 0.1) is 0 Å². The normalized spacial score (nSPS) is 11.4. The van der Waals surface area contributed by atoms with Crippen LogP contribution in [-0.2, 0) is 6.18 Å². The zero-order valence-corrected chi connectivity index (χ0v) is 10.9. The maximum absolute atomic E-state index is 12.7. The van der Waals surface area contributed by atoms with Gasteiger partial charge < -0.3 is 10.2 Å². The molecule has 0 atom stereocenters. The van der Waals surface area contributed by atoms with Crippen molar-refractivity contribution in [2.24, 2.45) is 0 Å². The topological polar surface area (TPSA) is 57.5 Å². The first kappa shape index (κ1) is 14.9. The molecule has 21 heavy (non-hydrogen) atoms. The highest BCUT2D eigenvalue weighted by Crippen LogP contribution is 2.41. The Balaban J connectivity index is 2.52. The summed E-state index contributed by atoms with van der Waals surface area (Å²) < 4.78 is 38.2. The Kier molecular flexibility index (Phi) is 3.63. The molecule has 0 heterocycles. The minimum absolute atomic E-state index is 0.193. The number of hydrogen-bond donors (Lipinski definition) is 2. The van der Waals surface area contributed by atoms with Crippen LogP contribution in [0.2, 0.25) is 0 Å². The standard InChI is InChI=1S/C15H11F3O3/c1-8-2-4-9(5-3-8)13(20)10-6-11(15(16,17)18)14(21)12(19)7-10/h2-7,19,21H,1H3. The number of phenols is 2. The largest absolute Gasteiger partial charge is 0.504 e. The fourth-order valence-corrected chi connectivity index (χ4v) is 1.84. The molecule has 2 aromatic carbocycles. The van der Waals surface area contributed by atoms with Crippen molar-refractivity contribution in [1.29, 1.82) is 0 Å². The molecule has 0 bridgehead atoms. The number of alkyl halides is 3. The predicted molar refractivity (Wildman–Crippen MR) is 69.4 cm³/mol. The van der Waals surface area contributed by atoms with E-state index in [1.54, 1.807) is 12.1 Å². The van der Waals surface area contributed by atoms with Crippen molar-refractivity contribution in [3.8, 4) is 11.5 Å². The first-order valence-corrected chi connectivity index (χ1v) is 5.94. The number of hydrogen-bond acceptors (Lipinski definition) is 3. The van der Waals surface area contributed by atoms with E-state index in [-0.39, 0.29) is 11.1 Å². The molecular weight excluding hydrogens is 285 g/mol. The van der Waals surface area contributed by atoms with Crippen molar-refractivity contribution in [3.05, 3.63) is 58.7 Å². The van der Waals surface area contributed by atoms with Crippen LogP contribution in [0.1, 0.15) is 27.0 Å². The SMILES string of the molecule is Cc1ccc(C(=O)c2cc(O)c(O)c(C(F)(F)F)c2)cc1. The van der Waals surface area contributed by atoms with Gasteiger partial charge in [-0.2, -0.15) is 13.2 Å². The van der Waals surface area contributed by atoms with Gasteiger partial charge in [-0.1, -0.05) is 29.8 Å². The number of phenolic OH excluding ortho intramolecular Hbond substituents is 2. The van der Waals surface area contributed by atoms with E-state index in [0.717, 1.165) is 11.6 Å². The first-order valence-electron chi connectivity index (χ1n) is 5.94. The molecule has 0 spiro atoms. The summed E-state index contributed by atoms with van der Waals surface area (Å²) in [6.45, 7) is 1.81. The molecule has 0 fully saturated rings. The van der Waals surface area contributed by atoms with E-state index < -0.39 is 29.0 Å². The maximum atomic E-state index is 12.7. The number of benzene rings is 2.